The van der Waals surface area contributed by atoms with E-state index in [-0.39, 0.29) is 18.7 Å². The van der Waals surface area contributed by atoms with Crippen LogP contribution < -0.4 is 16.4 Å². The van der Waals surface area contributed by atoms with E-state index in [9.17, 15) is 18.8 Å². The molecule has 2 rings (SSSR count). The molecule has 0 heterocycles. The fourth-order valence-corrected chi connectivity index (χ4v) is 2.66. The number of amides is 3. The van der Waals surface area contributed by atoms with Gasteiger partial charge in [-0.1, -0.05) is 42.5 Å². The number of benzene rings is 2. The van der Waals surface area contributed by atoms with Crippen LogP contribution in [-0.2, 0) is 27.2 Å². The van der Waals surface area contributed by atoms with Crippen molar-refractivity contribution in [1.29, 1.82) is 0 Å². The lowest BCUT2D eigenvalue weighted by Crippen LogP contribution is -2.54. The van der Waals surface area contributed by atoms with Gasteiger partial charge in [0.05, 0.1) is 0 Å². The Morgan fingerprint density at radius 1 is 0.889 bits per heavy atom. The summed E-state index contributed by atoms with van der Waals surface area (Å²) >= 11 is 0. The third-order valence-corrected chi connectivity index (χ3v) is 3.99. The lowest BCUT2D eigenvalue weighted by Gasteiger charge is -2.22. The van der Waals surface area contributed by atoms with Crippen molar-refractivity contribution >= 4 is 17.7 Å². The molecule has 6 nitrogen and oxygen atoms in total. The molecule has 7 heteroatoms. The molecule has 4 N–H and O–H groups in total. The predicted octanol–water partition coefficient (Wildman–Crippen LogP) is 1.09. The number of carbonyl (C=O) groups is 3. The van der Waals surface area contributed by atoms with Crippen LogP contribution in [0.25, 0.3) is 0 Å². The molecule has 142 valence electrons. The summed E-state index contributed by atoms with van der Waals surface area (Å²) in [5.74, 6) is -1.99. The van der Waals surface area contributed by atoms with Crippen LogP contribution in [-0.4, -0.2) is 29.8 Å². The number of carbonyl (C=O) groups excluding carboxylic acids is 3. The first-order chi connectivity index (χ1) is 12.8. The van der Waals surface area contributed by atoms with E-state index in [0.29, 0.717) is 5.56 Å². The zero-order valence-corrected chi connectivity index (χ0v) is 14.9. The molecule has 0 aliphatic carbocycles. The van der Waals surface area contributed by atoms with E-state index in [1.54, 1.807) is 0 Å². The van der Waals surface area contributed by atoms with Crippen LogP contribution in [0.4, 0.5) is 4.39 Å². The number of halogens is 1. The Morgan fingerprint density at radius 2 is 1.44 bits per heavy atom. The van der Waals surface area contributed by atoms with Crippen molar-refractivity contribution in [2.24, 2.45) is 5.73 Å². The SMILES string of the molecule is CC(=O)N[C@H](Cc1ccccc1)C(=O)N[C@H](Cc1ccc(F)cc1)C(N)=O. The van der Waals surface area contributed by atoms with E-state index in [4.69, 9.17) is 5.73 Å². The van der Waals surface area contributed by atoms with Gasteiger partial charge in [-0.3, -0.25) is 14.4 Å². The molecule has 2 aromatic carbocycles. The summed E-state index contributed by atoms with van der Waals surface area (Å²) in [5.41, 5.74) is 6.92. The Balaban J connectivity index is 2.10. The van der Waals surface area contributed by atoms with Crippen LogP contribution >= 0.6 is 0 Å². The quantitative estimate of drug-likeness (QED) is 0.647. The highest BCUT2D eigenvalue weighted by atomic mass is 19.1. The summed E-state index contributed by atoms with van der Waals surface area (Å²) < 4.78 is 13.0. The van der Waals surface area contributed by atoms with Gasteiger partial charge in [0.2, 0.25) is 17.7 Å². The van der Waals surface area contributed by atoms with Crippen molar-refractivity contribution in [2.45, 2.75) is 31.8 Å². The number of nitrogens with two attached hydrogens (primary N) is 1. The number of hydrogen-bond donors (Lipinski definition) is 3. The second-order valence-electron chi connectivity index (χ2n) is 6.24. The molecule has 0 radical (unpaired) electrons. The van der Waals surface area contributed by atoms with Crippen LogP contribution in [0.1, 0.15) is 18.1 Å². The number of primary amides is 1. The molecule has 0 unspecified atom stereocenters. The van der Waals surface area contributed by atoms with Crippen molar-refractivity contribution in [3.63, 3.8) is 0 Å². The molecule has 0 aliphatic heterocycles. The first-order valence-corrected chi connectivity index (χ1v) is 8.50. The maximum absolute atomic E-state index is 13.0. The van der Waals surface area contributed by atoms with Gasteiger partial charge in [-0.25, -0.2) is 4.39 Å². The molecular formula is C20H22FN3O3. The van der Waals surface area contributed by atoms with Gasteiger partial charge in [0, 0.05) is 19.8 Å². The Hall–Kier alpha value is -3.22. The van der Waals surface area contributed by atoms with Crippen molar-refractivity contribution in [3.8, 4) is 0 Å². The van der Waals surface area contributed by atoms with Gasteiger partial charge in [-0.15, -0.1) is 0 Å². The van der Waals surface area contributed by atoms with E-state index < -0.39 is 29.7 Å². The second kappa shape index (κ2) is 9.47. The average molecular weight is 371 g/mol. The van der Waals surface area contributed by atoms with Crippen molar-refractivity contribution < 1.29 is 18.8 Å². The Kier molecular flexibility index (Phi) is 7.05. The fourth-order valence-electron chi connectivity index (χ4n) is 2.66. The van der Waals surface area contributed by atoms with Crippen LogP contribution in [0.3, 0.4) is 0 Å². The first kappa shape index (κ1) is 20.1. The maximum Gasteiger partial charge on any atom is 0.243 e. The number of hydrogen-bond acceptors (Lipinski definition) is 3. The highest BCUT2D eigenvalue weighted by Gasteiger charge is 2.25. The van der Waals surface area contributed by atoms with E-state index in [0.717, 1.165) is 5.56 Å². The third-order valence-electron chi connectivity index (χ3n) is 3.99. The van der Waals surface area contributed by atoms with Gasteiger partial charge in [0.25, 0.3) is 0 Å². The molecule has 0 saturated heterocycles. The third kappa shape index (κ3) is 6.54. The molecule has 0 aliphatic rings. The molecule has 2 atom stereocenters. The van der Waals surface area contributed by atoms with Crippen molar-refractivity contribution in [1.82, 2.24) is 10.6 Å². The molecule has 0 saturated carbocycles. The van der Waals surface area contributed by atoms with Gasteiger partial charge in [-0.2, -0.15) is 0 Å². The molecule has 2 aromatic rings. The molecule has 3 amide bonds. The van der Waals surface area contributed by atoms with E-state index in [1.807, 2.05) is 30.3 Å². The normalized spacial score (nSPS) is 12.7. The molecule has 27 heavy (non-hydrogen) atoms. The first-order valence-electron chi connectivity index (χ1n) is 8.50. The highest BCUT2D eigenvalue weighted by molar-refractivity contribution is 5.91. The van der Waals surface area contributed by atoms with Crippen molar-refractivity contribution in [3.05, 3.63) is 71.5 Å². The van der Waals surface area contributed by atoms with Gasteiger partial charge in [-0.05, 0) is 23.3 Å². The second-order valence-corrected chi connectivity index (χ2v) is 6.24. The molecule has 0 spiro atoms. The van der Waals surface area contributed by atoms with Gasteiger partial charge >= 0.3 is 0 Å². The summed E-state index contributed by atoms with van der Waals surface area (Å²) in [4.78, 5) is 35.9. The summed E-state index contributed by atoms with van der Waals surface area (Å²) in [6.07, 6.45) is 0.397. The largest absolute Gasteiger partial charge is 0.368 e. The van der Waals surface area contributed by atoms with E-state index in [1.165, 1.54) is 31.2 Å². The van der Waals surface area contributed by atoms with Crippen LogP contribution in [0.2, 0.25) is 0 Å². The maximum atomic E-state index is 13.0. The minimum absolute atomic E-state index is 0.124. The Bertz CT molecular complexity index is 794. The summed E-state index contributed by atoms with van der Waals surface area (Å²) in [5, 5.41) is 5.17. The molecule has 0 aromatic heterocycles. The van der Waals surface area contributed by atoms with E-state index >= 15 is 0 Å². The lowest BCUT2D eigenvalue weighted by molar-refractivity contribution is -0.130. The lowest BCUT2D eigenvalue weighted by atomic mass is 10.0. The van der Waals surface area contributed by atoms with E-state index in [2.05, 4.69) is 10.6 Å². The fraction of sp³-hybridized carbons (Fsp3) is 0.250. The minimum atomic E-state index is -0.977. The standard InChI is InChI=1S/C20H22FN3O3/c1-13(25)23-18(12-14-5-3-2-4-6-14)20(27)24-17(19(22)26)11-15-7-9-16(21)10-8-15/h2-10,17-18H,11-12H2,1H3,(H2,22,26)(H,23,25)(H,24,27)/t17-,18-/m1/s1. The summed E-state index contributed by atoms with van der Waals surface area (Å²) in [6, 6.07) is 12.9. The topological polar surface area (TPSA) is 101 Å². The van der Waals surface area contributed by atoms with Gasteiger partial charge < -0.3 is 16.4 Å². The van der Waals surface area contributed by atoms with Gasteiger partial charge in [0.1, 0.15) is 17.9 Å². The van der Waals surface area contributed by atoms with Crippen LogP contribution in [0.15, 0.2) is 54.6 Å². The monoisotopic (exact) mass is 371 g/mol. The molecule has 0 bridgehead atoms. The van der Waals surface area contributed by atoms with Crippen LogP contribution in [0, 0.1) is 5.82 Å². The Morgan fingerprint density at radius 3 is 2.00 bits per heavy atom. The van der Waals surface area contributed by atoms with Crippen LogP contribution in [0.5, 0.6) is 0 Å². The zero-order chi connectivity index (χ0) is 19.8. The van der Waals surface area contributed by atoms with Gasteiger partial charge in [0.15, 0.2) is 0 Å². The highest BCUT2D eigenvalue weighted by Crippen LogP contribution is 2.08. The Labute approximate surface area is 156 Å². The predicted molar refractivity (Wildman–Crippen MR) is 99.0 cm³/mol. The molecule has 0 fully saturated rings. The minimum Gasteiger partial charge on any atom is -0.368 e. The average Bonchev–Trinajstić information content (AvgIpc) is 2.62. The zero-order valence-electron chi connectivity index (χ0n) is 14.9. The van der Waals surface area contributed by atoms with Crippen molar-refractivity contribution in [2.75, 3.05) is 0 Å². The summed E-state index contributed by atoms with van der Waals surface area (Å²) in [6.45, 7) is 1.31. The molecular weight excluding hydrogens is 349 g/mol. The smallest absolute Gasteiger partial charge is 0.243 e. The number of rotatable bonds is 8. The summed E-state index contributed by atoms with van der Waals surface area (Å²) in [7, 11) is 0. The number of nitrogens with one attached hydrogen (secondary N) is 2.